The summed E-state index contributed by atoms with van der Waals surface area (Å²) in [5.41, 5.74) is 6.72. The second-order valence-electron chi connectivity index (χ2n) is 5.89. The summed E-state index contributed by atoms with van der Waals surface area (Å²) in [6.07, 6.45) is 4.95. The van der Waals surface area contributed by atoms with E-state index in [0.717, 1.165) is 25.5 Å². The van der Waals surface area contributed by atoms with Gasteiger partial charge in [0.2, 0.25) is 0 Å². The van der Waals surface area contributed by atoms with Gasteiger partial charge in [-0.2, -0.15) is 0 Å². The maximum absolute atomic E-state index is 5.98. The lowest BCUT2D eigenvalue weighted by molar-refractivity contribution is 0.186. The van der Waals surface area contributed by atoms with Crippen molar-refractivity contribution >= 4 is 5.96 Å². The Morgan fingerprint density at radius 1 is 1.40 bits per heavy atom. The minimum Gasteiger partial charge on any atom is -0.370 e. The van der Waals surface area contributed by atoms with Crippen LogP contribution in [0.5, 0.6) is 0 Å². The molecule has 3 heteroatoms. The van der Waals surface area contributed by atoms with Crippen molar-refractivity contribution in [2.75, 3.05) is 13.1 Å². The van der Waals surface area contributed by atoms with E-state index in [2.05, 4.69) is 30.7 Å². The highest BCUT2D eigenvalue weighted by Crippen LogP contribution is 2.48. The van der Waals surface area contributed by atoms with Crippen molar-refractivity contribution in [1.29, 1.82) is 0 Å². The van der Waals surface area contributed by atoms with Crippen molar-refractivity contribution in [3.8, 4) is 0 Å². The van der Waals surface area contributed by atoms with Crippen LogP contribution in [0.4, 0.5) is 0 Å². The Kier molecular flexibility index (Phi) is 2.44. The molecule has 1 atom stereocenters. The van der Waals surface area contributed by atoms with Gasteiger partial charge in [-0.3, -0.25) is 4.99 Å². The fraction of sp³-hybridized carbons (Fsp3) is 0.917. The van der Waals surface area contributed by atoms with Crippen LogP contribution in [0, 0.1) is 5.41 Å². The maximum Gasteiger partial charge on any atom is 0.191 e. The molecule has 0 aromatic rings. The molecule has 2 rings (SSSR count). The van der Waals surface area contributed by atoms with E-state index in [1.165, 1.54) is 19.3 Å². The molecule has 2 N–H and O–H groups in total. The van der Waals surface area contributed by atoms with Gasteiger partial charge in [0.1, 0.15) is 0 Å². The monoisotopic (exact) mass is 209 g/mol. The lowest BCUT2D eigenvalue weighted by Crippen LogP contribution is -2.50. The van der Waals surface area contributed by atoms with Gasteiger partial charge < -0.3 is 10.6 Å². The summed E-state index contributed by atoms with van der Waals surface area (Å²) in [6.45, 7) is 8.91. The first-order valence-electron chi connectivity index (χ1n) is 6.07. The van der Waals surface area contributed by atoms with Crippen LogP contribution in [0.2, 0.25) is 0 Å². The summed E-state index contributed by atoms with van der Waals surface area (Å²) in [5, 5.41) is 0. The molecule has 0 aromatic heterocycles. The summed E-state index contributed by atoms with van der Waals surface area (Å²) in [5.74, 6) is 0.773. The van der Waals surface area contributed by atoms with Crippen LogP contribution in [0.1, 0.15) is 46.5 Å². The number of guanidine groups is 1. The largest absolute Gasteiger partial charge is 0.370 e. The first-order valence-corrected chi connectivity index (χ1v) is 6.07. The van der Waals surface area contributed by atoms with E-state index in [1.807, 2.05) is 0 Å². The van der Waals surface area contributed by atoms with Crippen molar-refractivity contribution in [3.63, 3.8) is 0 Å². The first kappa shape index (κ1) is 10.8. The number of rotatable bonds is 2. The van der Waals surface area contributed by atoms with E-state index in [9.17, 15) is 0 Å². The molecular formula is C12H23N3. The lowest BCUT2D eigenvalue weighted by atomic mass is 9.87. The zero-order valence-electron chi connectivity index (χ0n) is 10.2. The van der Waals surface area contributed by atoms with Gasteiger partial charge in [-0.05, 0) is 31.1 Å². The highest BCUT2D eigenvalue weighted by atomic mass is 15.4. The van der Waals surface area contributed by atoms with E-state index in [1.54, 1.807) is 0 Å². The molecule has 1 fully saturated rings. The Labute approximate surface area is 92.7 Å². The summed E-state index contributed by atoms with van der Waals surface area (Å²) in [4.78, 5) is 6.82. The minimum atomic E-state index is 0.267. The molecule has 3 nitrogen and oxygen atoms in total. The van der Waals surface area contributed by atoms with Crippen LogP contribution in [0.3, 0.4) is 0 Å². The van der Waals surface area contributed by atoms with E-state index >= 15 is 0 Å². The minimum absolute atomic E-state index is 0.267. The molecule has 86 valence electrons. The predicted molar refractivity (Wildman–Crippen MR) is 63.8 cm³/mol. The molecule has 1 heterocycles. The van der Waals surface area contributed by atoms with Crippen molar-refractivity contribution in [2.24, 2.45) is 16.1 Å². The van der Waals surface area contributed by atoms with Crippen molar-refractivity contribution < 1.29 is 0 Å². The number of nitrogens with zero attached hydrogens (tertiary/aromatic N) is 2. The van der Waals surface area contributed by atoms with E-state index in [4.69, 9.17) is 5.73 Å². The van der Waals surface area contributed by atoms with Gasteiger partial charge in [-0.25, -0.2) is 0 Å². The highest BCUT2D eigenvalue weighted by Gasteiger charge is 2.49. The van der Waals surface area contributed by atoms with Gasteiger partial charge >= 0.3 is 0 Å². The second-order valence-corrected chi connectivity index (χ2v) is 5.89. The van der Waals surface area contributed by atoms with E-state index in [-0.39, 0.29) is 5.54 Å². The third kappa shape index (κ3) is 1.72. The molecule has 0 saturated heterocycles. The molecule has 0 aromatic carbocycles. The van der Waals surface area contributed by atoms with Gasteiger partial charge in [0.15, 0.2) is 5.96 Å². The van der Waals surface area contributed by atoms with Crippen molar-refractivity contribution in [2.45, 2.75) is 52.0 Å². The molecule has 1 spiro atoms. The number of hydrogen-bond acceptors (Lipinski definition) is 3. The Morgan fingerprint density at radius 3 is 2.67 bits per heavy atom. The molecule has 0 bridgehead atoms. The quantitative estimate of drug-likeness (QED) is 0.755. The van der Waals surface area contributed by atoms with Crippen molar-refractivity contribution in [1.82, 2.24) is 4.90 Å². The topological polar surface area (TPSA) is 41.6 Å². The van der Waals surface area contributed by atoms with E-state index < -0.39 is 0 Å². The average molecular weight is 209 g/mol. The molecule has 0 radical (unpaired) electrons. The zero-order valence-corrected chi connectivity index (χ0v) is 10.2. The average Bonchev–Trinajstić information content (AvgIpc) is 2.61. The molecule has 1 unspecified atom stereocenters. The first-order chi connectivity index (χ1) is 6.99. The summed E-state index contributed by atoms with van der Waals surface area (Å²) in [6, 6.07) is 0. The Balaban J connectivity index is 2.16. The smallest absolute Gasteiger partial charge is 0.191 e. The zero-order chi connectivity index (χ0) is 11.1. The third-order valence-corrected chi connectivity index (χ3v) is 3.91. The fourth-order valence-electron chi connectivity index (χ4n) is 3.22. The van der Waals surface area contributed by atoms with Gasteiger partial charge in [0, 0.05) is 6.54 Å². The number of aliphatic imine (C=N–C) groups is 1. The molecule has 1 aliphatic carbocycles. The van der Waals surface area contributed by atoms with Crippen LogP contribution < -0.4 is 5.73 Å². The third-order valence-electron chi connectivity index (χ3n) is 3.91. The number of hydrogen-bond donors (Lipinski definition) is 1. The molecule has 2 aliphatic rings. The molecule has 1 aliphatic heterocycles. The second kappa shape index (κ2) is 3.39. The van der Waals surface area contributed by atoms with Gasteiger partial charge in [-0.15, -0.1) is 0 Å². The lowest BCUT2D eigenvalue weighted by Gasteiger charge is -2.37. The van der Waals surface area contributed by atoms with Gasteiger partial charge in [0.25, 0.3) is 0 Å². The summed E-state index contributed by atoms with van der Waals surface area (Å²) >= 11 is 0. The Hall–Kier alpha value is -0.730. The summed E-state index contributed by atoms with van der Waals surface area (Å²) in [7, 11) is 0. The molecule has 15 heavy (non-hydrogen) atoms. The van der Waals surface area contributed by atoms with E-state index in [0.29, 0.717) is 5.41 Å². The summed E-state index contributed by atoms with van der Waals surface area (Å²) < 4.78 is 0. The van der Waals surface area contributed by atoms with Crippen LogP contribution >= 0.6 is 0 Å². The fourth-order valence-corrected chi connectivity index (χ4v) is 3.22. The van der Waals surface area contributed by atoms with Crippen LogP contribution in [-0.2, 0) is 0 Å². The highest BCUT2D eigenvalue weighted by molar-refractivity contribution is 5.81. The molecule has 1 saturated carbocycles. The number of nitrogens with two attached hydrogens (primary N) is 1. The maximum atomic E-state index is 5.98. The SMILES string of the molecule is CCCN1C(N)=NCC12CCC(C)(C)C2. The Bertz CT molecular complexity index is 283. The predicted octanol–water partition coefficient (Wildman–Crippen LogP) is 1.98. The van der Waals surface area contributed by atoms with Gasteiger partial charge in [0.05, 0.1) is 12.1 Å². The van der Waals surface area contributed by atoms with Crippen molar-refractivity contribution in [3.05, 3.63) is 0 Å². The van der Waals surface area contributed by atoms with Crippen LogP contribution in [-0.4, -0.2) is 29.5 Å². The van der Waals surface area contributed by atoms with Crippen LogP contribution in [0.15, 0.2) is 4.99 Å². The standard InChI is InChI=1S/C12H23N3/c1-4-7-15-10(13)14-9-12(15)6-5-11(2,3)8-12/h4-9H2,1-3H3,(H2,13,14). The molecule has 0 amide bonds. The normalized spacial score (nSPS) is 33.8. The van der Waals surface area contributed by atoms with Crippen LogP contribution in [0.25, 0.3) is 0 Å². The van der Waals surface area contributed by atoms with Gasteiger partial charge in [-0.1, -0.05) is 20.8 Å². The molecular weight excluding hydrogens is 186 g/mol. The Morgan fingerprint density at radius 2 is 2.13 bits per heavy atom.